The molecule has 4 heteroatoms. The predicted molar refractivity (Wildman–Crippen MR) is 73.9 cm³/mol. The third-order valence-electron chi connectivity index (χ3n) is 4.06. The third-order valence-corrected chi connectivity index (χ3v) is 4.55. The quantitative estimate of drug-likeness (QED) is 0.896. The first kappa shape index (κ1) is 13.9. The summed E-state index contributed by atoms with van der Waals surface area (Å²) in [6.45, 7) is 6.36. The minimum atomic E-state index is -0.633. The molecule has 1 aliphatic rings. The van der Waals surface area contributed by atoms with Crippen LogP contribution in [0.2, 0.25) is 5.02 Å². The van der Waals surface area contributed by atoms with Crippen molar-refractivity contribution < 1.29 is 5.11 Å². The zero-order chi connectivity index (χ0) is 13.6. The molecule has 0 amide bonds. The van der Waals surface area contributed by atoms with E-state index in [1.165, 1.54) is 6.42 Å². The Morgan fingerprint density at radius 2 is 2.06 bits per heavy atom. The zero-order valence-electron chi connectivity index (χ0n) is 11.8. The maximum absolute atomic E-state index is 10.8. The molecule has 3 nitrogen and oxygen atoms in total. The molecule has 2 rings (SSSR count). The molecule has 1 unspecified atom stereocenters. The molecule has 0 aromatic carbocycles. The van der Waals surface area contributed by atoms with Gasteiger partial charge in [0.05, 0.1) is 22.0 Å². The topological polar surface area (TPSA) is 38.0 Å². The van der Waals surface area contributed by atoms with E-state index in [1.54, 1.807) is 4.68 Å². The summed E-state index contributed by atoms with van der Waals surface area (Å²) < 4.78 is 1.80. The average molecular weight is 271 g/mol. The second-order valence-electron chi connectivity index (χ2n) is 6.57. The molecule has 102 valence electrons. The Balaban J connectivity index is 2.22. The number of aryl methyl sites for hydroxylation is 2. The first-order valence-electron chi connectivity index (χ1n) is 6.63. The Morgan fingerprint density at radius 1 is 1.39 bits per heavy atom. The lowest BCUT2D eigenvalue weighted by Crippen LogP contribution is -2.41. The van der Waals surface area contributed by atoms with Crippen molar-refractivity contribution in [1.82, 2.24) is 9.78 Å². The van der Waals surface area contributed by atoms with Crippen molar-refractivity contribution in [3.63, 3.8) is 0 Å². The minimum absolute atomic E-state index is 0.215. The first-order valence-corrected chi connectivity index (χ1v) is 7.01. The smallest absolute Gasteiger partial charge is 0.0848 e. The van der Waals surface area contributed by atoms with Crippen LogP contribution in [0.15, 0.2) is 0 Å². The summed E-state index contributed by atoms with van der Waals surface area (Å²) >= 11 is 6.27. The number of aromatic nitrogens is 2. The van der Waals surface area contributed by atoms with Crippen LogP contribution in [0.25, 0.3) is 0 Å². The van der Waals surface area contributed by atoms with Gasteiger partial charge in [-0.15, -0.1) is 0 Å². The summed E-state index contributed by atoms with van der Waals surface area (Å²) in [6.07, 6.45) is 4.57. The lowest BCUT2D eigenvalue weighted by molar-refractivity contribution is -0.0394. The van der Waals surface area contributed by atoms with Crippen molar-refractivity contribution in [2.24, 2.45) is 12.5 Å². The van der Waals surface area contributed by atoms with E-state index >= 15 is 0 Å². The lowest BCUT2D eigenvalue weighted by atomic mass is 9.68. The summed E-state index contributed by atoms with van der Waals surface area (Å²) in [6, 6.07) is 0. The van der Waals surface area contributed by atoms with Crippen molar-refractivity contribution in [2.75, 3.05) is 0 Å². The Morgan fingerprint density at radius 3 is 2.56 bits per heavy atom. The molecule has 1 saturated carbocycles. The molecule has 1 aromatic heterocycles. The molecule has 0 saturated heterocycles. The van der Waals surface area contributed by atoms with E-state index in [9.17, 15) is 5.11 Å². The van der Waals surface area contributed by atoms with Gasteiger partial charge in [-0.2, -0.15) is 5.10 Å². The molecule has 18 heavy (non-hydrogen) atoms. The highest BCUT2D eigenvalue weighted by molar-refractivity contribution is 6.31. The fourth-order valence-corrected chi connectivity index (χ4v) is 3.53. The van der Waals surface area contributed by atoms with Gasteiger partial charge in [-0.05, 0) is 31.6 Å². The third kappa shape index (κ3) is 2.72. The van der Waals surface area contributed by atoms with E-state index in [-0.39, 0.29) is 5.41 Å². The SMILES string of the molecule is Cc1nn(C)c(CC2(O)CCCC(C)(C)C2)c1Cl. The van der Waals surface area contributed by atoms with E-state index in [0.717, 1.165) is 30.7 Å². The molecule has 0 spiro atoms. The second kappa shape index (κ2) is 4.53. The highest BCUT2D eigenvalue weighted by Gasteiger charge is 2.39. The molecule has 0 aliphatic heterocycles. The van der Waals surface area contributed by atoms with Gasteiger partial charge in [-0.1, -0.05) is 31.9 Å². The largest absolute Gasteiger partial charge is 0.389 e. The second-order valence-corrected chi connectivity index (χ2v) is 6.94. The van der Waals surface area contributed by atoms with Gasteiger partial charge in [0.2, 0.25) is 0 Å². The van der Waals surface area contributed by atoms with Crippen LogP contribution in [0.3, 0.4) is 0 Å². The summed E-state index contributed by atoms with van der Waals surface area (Å²) in [5.74, 6) is 0. The summed E-state index contributed by atoms with van der Waals surface area (Å²) in [5.41, 5.74) is 1.38. The van der Waals surface area contributed by atoms with Crippen molar-refractivity contribution in [3.05, 3.63) is 16.4 Å². The fourth-order valence-electron chi connectivity index (χ4n) is 3.30. The van der Waals surface area contributed by atoms with Crippen LogP contribution < -0.4 is 0 Å². The Kier molecular flexibility index (Phi) is 3.50. The number of aliphatic hydroxyl groups is 1. The number of hydrogen-bond donors (Lipinski definition) is 1. The number of hydrogen-bond acceptors (Lipinski definition) is 2. The van der Waals surface area contributed by atoms with Gasteiger partial charge >= 0.3 is 0 Å². The van der Waals surface area contributed by atoms with E-state index in [2.05, 4.69) is 18.9 Å². The van der Waals surface area contributed by atoms with Gasteiger partial charge in [0.15, 0.2) is 0 Å². The van der Waals surface area contributed by atoms with Gasteiger partial charge in [-0.25, -0.2) is 0 Å². The molecule has 0 radical (unpaired) electrons. The first-order chi connectivity index (χ1) is 8.22. The number of nitrogens with zero attached hydrogens (tertiary/aromatic N) is 2. The zero-order valence-corrected chi connectivity index (χ0v) is 12.5. The van der Waals surface area contributed by atoms with Gasteiger partial charge in [0.25, 0.3) is 0 Å². The van der Waals surface area contributed by atoms with Gasteiger partial charge < -0.3 is 5.11 Å². The molecule has 1 heterocycles. The molecule has 0 bridgehead atoms. The highest BCUT2D eigenvalue weighted by atomic mass is 35.5. The van der Waals surface area contributed by atoms with Crippen LogP contribution in [-0.4, -0.2) is 20.5 Å². The van der Waals surface area contributed by atoms with Crippen LogP contribution in [0.5, 0.6) is 0 Å². The molecule has 1 N–H and O–H groups in total. The maximum atomic E-state index is 10.8. The van der Waals surface area contributed by atoms with E-state index in [0.29, 0.717) is 11.4 Å². The molecule has 1 aliphatic carbocycles. The standard InChI is InChI=1S/C14H23ClN2O/c1-10-12(15)11(17(4)16-10)8-14(18)7-5-6-13(2,3)9-14/h18H,5-9H2,1-4H3. The van der Waals surface area contributed by atoms with E-state index < -0.39 is 5.60 Å². The van der Waals surface area contributed by atoms with Crippen LogP contribution in [0, 0.1) is 12.3 Å². The molecule has 1 atom stereocenters. The summed E-state index contributed by atoms with van der Waals surface area (Å²) in [4.78, 5) is 0. The Hall–Kier alpha value is -0.540. The number of halogens is 1. The van der Waals surface area contributed by atoms with E-state index in [4.69, 9.17) is 11.6 Å². The van der Waals surface area contributed by atoms with Crippen molar-refractivity contribution in [3.8, 4) is 0 Å². The van der Waals surface area contributed by atoms with Gasteiger partial charge in [0, 0.05) is 13.5 Å². The fraction of sp³-hybridized carbons (Fsp3) is 0.786. The van der Waals surface area contributed by atoms with Crippen LogP contribution >= 0.6 is 11.6 Å². The monoisotopic (exact) mass is 270 g/mol. The minimum Gasteiger partial charge on any atom is -0.389 e. The molecular formula is C14H23ClN2O. The molecule has 1 aromatic rings. The Bertz CT molecular complexity index is 453. The average Bonchev–Trinajstić information content (AvgIpc) is 2.43. The molecular weight excluding hydrogens is 248 g/mol. The molecule has 1 fully saturated rings. The van der Waals surface area contributed by atoms with Crippen molar-refractivity contribution in [2.45, 2.75) is 58.5 Å². The normalized spacial score (nSPS) is 27.4. The predicted octanol–water partition coefficient (Wildman–Crippen LogP) is 3.26. The highest BCUT2D eigenvalue weighted by Crippen LogP contribution is 2.43. The lowest BCUT2D eigenvalue weighted by Gasteiger charge is -2.41. The van der Waals surface area contributed by atoms with E-state index in [1.807, 2.05) is 14.0 Å². The van der Waals surface area contributed by atoms with Crippen molar-refractivity contribution in [1.29, 1.82) is 0 Å². The number of rotatable bonds is 2. The van der Waals surface area contributed by atoms with Crippen molar-refractivity contribution >= 4 is 11.6 Å². The van der Waals surface area contributed by atoms with Crippen LogP contribution in [0.4, 0.5) is 0 Å². The van der Waals surface area contributed by atoms with Crippen LogP contribution in [-0.2, 0) is 13.5 Å². The maximum Gasteiger partial charge on any atom is 0.0848 e. The summed E-state index contributed by atoms with van der Waals surface area (Å²) in [7, 11) is 1.89. The summed E-state index contributed by atoms with van der Waals surface area (Å²) in [5, 5.41) is 15.8. The van der Waals surface area contributed by atoms with Crippen LogP contribution in [0.1, 0.15) is 50.9 Å². The van der Waals surface area contributed by atoms with Gasteiger partial charge in [-0.3, -0.25) is 4.68 Å². The Labute approximate surface area is 114 Å². The van der Waals surface area contributed by atoms with Gasteiger partial charge in [0.1, 0.15) is 0 Å².